The number of halogens is 2. The lowest BCUT2D eigenvalue weighted by Crippen LogP contribution is -2.07. The van der Waals surface area contributed by atoms with Crippen molar-refractivity contribution in [3.05, 3.63) is 34.9 Å². The molecule has 0 radical (unpaired) electrons. The van der Waals surface area contributed by atoms with Crippen LogP contribution in [0.5, 0.6) is 0 Å². The summed E-state index contributed by atoms with van der Waals surface area (Å²) in [7, 11) is 1.93. The van der Waals surface area contributed by atoms with Crippen LogP contribution in [0.4, 0.5) is 8.78 Å². The SMILES string of the molecule is CN1Cc2cc(F)c(F)cc2C1. The lowest BCUT2D eigenvalue weighted by Gasteiger charge is -2.02. The minimum absolute atomic E-state index is 0.715. The number of nitrogens with zero attached hydrogens (tertiary/aromatic N) is 1. The van der Waals surface area contributed by atoms with Crippen LogP contribution in [-0.4, -0.2) is 11.9 Å². The molecule has 1 aromatic carbocycles. The fourth-order valence-corrected chi connectivity index (χ4v) is 1.56. The van der Waals surface area contributed by atoms with Crippen LogP contribution < -0.4 is 0 Å². The average molecular weight is 169 g/mol. The van der Waals surface area contributed by atoms with E-state index in [1.165, 1.54) is 12.1 Å². The van der Waals surface area contributed by atoms with Gasteiger partial charge in [0.05, 0.1) is 0 Å². The van der Waals surface area contributed by atoms with Crippen LogP contribution >= 0.6 is 0 Å². The molecule has 64 valence electrons. The highest BCUT2D eigenvalue weighted by Crippen LogP contribution is 2.23. The summed E-state index contributed by atoms with van der Waals surface area (Å²) < 4.78 is 25.4. The summed E-state index contributed by atoms with van der Waals surface area (Å²) in [6.45, 7) is 1.43. The smallest absolute Gasteiger partial charge is 0.159 e. The fourth-order valence-electron chi connectivity index (χ4n) is 1.56. The number of benzene rings is 1. The van der Waals surface area contributed by atoms with Gasteiger partial charge in [-0.25, -0.2) is 8.78 Å². The van der Waals surface area contributed by atoms with Gasteiger partial charge in [0.1, 0.15) is 0 Å². The molecular formula is C9H9F2N. The zero-order valence-corrected chi connectivity index (χ0v) is 6.77. The van der Waals surface area contributed by atoms with Crippen LogP contribution in [0, 0.1) is 11.6 Å². The summed E-state index contributed by atoms with van der Waals surface area (Å²) in [4.78, 5) is 2.02. The van der Waals surface area contributed by atoms with Crippen molar-refractivity contribution in [1.82, 2.24) is 4.90 Å². The van der Waals surface area contributed by atoms with E-state index in [0.717, 1.165) is 11.1 Å². The van der Waals surface area contributed by atoms with Gasteiger partial charge in [-0.2, -0.15) is 0 Å². The molecule has 0 saturated carbocycles. The van der Waals surface area contributed by atoms with Crippen molar-refractivity contribution in [2.24, 2.45) is 0 Å². The molecule has 0 N–H and O–H groups in total. The third kappa shape index (κ3) is 1.10. The van der Waals surface area contributed by atoms with Gasteiger partial charge in [-0.05, 0) is 30.3 Å². The molecule has 0 aliphatic carbocycles. The van der Waals surface area contributed by atoms with E-state index in [-0.39, 0.29) is 0 Å². The topological polar surface area (TPSA) is 3.24 Å². The maximum atomic E-state index is 12.7. The predicted octanol–water partition coefficient (Wildman–Crippen LogP) is 1.91. The Morgan fingerprint density at radius 3 is 1.92 bits per heavy atom. The first-order valence-corrected chi connectivity index (χ1v) is 3.82. The number of hydrogen-bond acceptors (Lipinski definition) is 1. The van der Waals surface area contributed by atoms with Gasteiger partial charge in [0.2, 0.25) is 0 Å². The van der Waals surface area contributed by atoms with E-state index in [1.807, 2.05) is 11.9 Å². The number of rotatable bonds is 0. The van der Waals surface area contributed by atoms with Gasteiger partial charge >= 0.3 is 0 Å². The first-order valence-electron chi connectivity index (χ1n) is 3.82. The summed E-state index contributed by atoms with van der Waals surface area (Å²) in [5.74, 6) is -1.49. The largest absolute Gasteiger partial charge is 0.298 e. The summed E-state index contributed by atoms with van der Waals surface area (Å²) >= 11 is 0. The molecule has 2 rings (SSSR count). The zero-order chi connectivity index (χ0) is 8.72. The van der Waals surface area contributed by atoms with Gasteiger partial charge in [0.25, 0.3) is 0 Å². The Kier molecular flexibility index (Phi) is 1.61. The van der Waals surface area contributed by atoms with Crippen molar-refractivity contribution in [1.29, 1.82) is 0 Å². The van der Waals surface area contributed by atoms with E-state index < -0.39 is 11.6 Å². The second-order valence-corrected chi connectivity index (χ2v) is 3.21. The molecule has 1 heterocycles. The quantitative estimate of drug-likeness (QED) is 0.573. The van der Waals surface area contributed by atoms with E-state index in [0.29, 0.717) is 13.1 Å². The molecular weight excluding hydrogens is 160 g/mol. The van der Waals surface area contributed by atoms with Crippen molar-refractivity contribution < 1.29 is 8.78 Å². The van der Waals surface area contributed by atoms with Crippen molar-refractivity contribution in [3.8, 4) is 0 Å². The molecule has 0 amide bonds. The molecule has 0 atom stereocenters. The highest BCUT2D eigenvalue weighted by atomic mass is 19.2. The van der Waals surface area contributed by atoms with Gasteiger partial charge in [0, 0.05) is 13.1 Å². The summed E-state index contributed by atoms with van der Waals surface area (Å²) in [6, 6.07) is 2.57. The van der Waals surface area contributed by atoms with Crippen LogP contribution in [0.1, 0.15) is 11.1 Å². The minimum Gasteiger partial charge on any atom is -0.298 e. The molecule has 3 heteroatoms. The molecule has 12 heavy (non-hydrogen) atoms. The fraction of sp³-hybridized carbons (Fsp3) is 0.333. The van der Waals surface area contributed by atoms with Crippen LogP contribution in [0.3, 0.4) is 0 Å². The molecule has 1 aliphatic heterocycles. The van der Waals surface area contributed by atoms with Crippen LogP contribution in [0.15, 0.2) is 12.1 Å². The molecule has 0 bridgehead atoms. The Morgan fingerprint density at radius 2 is 1.50 bits per heavy atom. The Balaban J connectivity index is 2.48. The van der Waals surface area contributed by atoms with Crippen molar-refractivity contribution in [2.75, 3.05) is 7.05 Å². The standard InChI is InChI=1S/C9H9F2N/c1-12-4-6-2-8(10)9(11)3-7(6)5-12/h2-3H,4-5H2,1H3. The van der Waals surface area contributed by atoms with Gasteiger partial charge in [0.15, 0.2) is 11.6 Å². The van der Waals surface area contributed by atoms with Gasteiger partial charge in [-0.3, -0.25) is 4.90 Å². The normalized spacial score (nSPS) is 16.6. The Bertz CT molecular complexity index is 292. The predicted molar refractivity (Wildman–Crippen MR) is 41.5 cm³/mol. The highest BCUT2D eigenvalue weighted by Gasteiger charge is 2.17. The molecule has 1 aromatic rings. The lowest BCUT2D eigenvalue weighted by atomic mass is 10.1. The second-order valence-electron chi connectivity index (χ2n) is 3.21. The monoisotopic (exact) mass is 169 g/mol. The molecule has 1 nitrogen and oxygen atoms in total. The molecule has 0 aromatic heterocycles. The average Bonchev–Trinajstić information content (AvgIpc) is 2.30. The zero-order valence-electron chi connectivity index (χ0n) is 6.77. The van der Waals surface area contributed by atoms with Gasteiger partial charge in [-0.1, -0.05) is 0 Å². The van der Waals surface area contributed by atoms with E-state index >= 15 is 0 Å². The molecule has 0 unspecified atom stereocenters. The molecule has 0 fully saturated rings. The van der Waals surface area contributed by atoms with Gasteiger partial charge in [-0.15, -0.1) is 0 Å². The molecule has 0 saturated heterocycles. The summed E-state index contributed by atoms with van der Waals surface area (Å²) in [5.41, 5.74) is 1.80. The number of hydrogen-bond donors (Lipinski definition) is 0. The third-order valence-electron chi connectivity index (χ3n) is 2.12. The van der Waals surface area contributed by atoms with Crippen LogP contribution in [0.25, 0.3) is 0 Å². The Hall–Kier alpha value is -0.960. The molecule has 0 spiro atoms. The minimum atomic E-state index is -0.746. The summed E-state index contributed by atoms with van der Waals surface area (Å²) in [6.07, 6.45) is 0. The van der Waals surface area contributed by atoms with E-state index in [4.69, 9.17) is 0 Å². The van der Waals surface area contributed by atoms with Crippen molar-refractivity contribution >= 4 is 0 Å². The van der Waals surface area contributed by atoms with E-state index in [9.17, 15) is 8.78 Å². The Labute approximate surface area is 69.6 Å². The lowest BCUT2D eigenvalue weighted by molar-refractivity contribution is 0.353. The van der Waals surface area contributed by atoms with Crippen molar-refractivity contribution in [3.63, 3.8) is 0 Å². The van der Waals surface area contributed by atoms with Crippen molar-refractivity contribution in [2.45, 2.75) is 13.1 Å². The maximum absolute atomic E-state index is 12.7. The van der Waals surface area contributed by atoms with Crippen LogP contribution in [-0.2, 0) is 13.1 Å². The highest BCUT2D eigenvalue weighted by molar-refractivity contribution is 5.31. The number of fused-ring (bicyclic) bond motifs is 1. The second kappa shape index (κ2) is 2.52. The first kappa shape index (κ1) is 7.68. The first-order chi connectivity index (χ1) is 5.66. The molecule has 1 aliphatic rings. The third-order valence-corrected chi connectivity index (χ3v) is 2.12. The van der Waals surface area contributed by atoms with E-state index in [2.05, 4.69) is 0 Å². The summed E-state index contributed by atoms with van der Waals surface area (Å²) in [5, 5.41) is 0. The Morgan fingerprint density at radius 1 is 1.08 bits per heavy atom. The van der Waals surface area contributed by atoms with Gasteiger partial charge < -0.3 is 0 Å². The van der Waals surface area contributed by atoms with E-state index in [1.54, 1.807) is 0 Å². The van der Waals surface area contributed by atoms with Crippen LogP contribution in [0.2, 0.25) is 0 Å². The maximum Gasteiger partial charge on any atom is 0.159 e.